The second kappa shape index (κ2) is 4.80. The topological polar surface area (TPSA) is 59.5 Å². The van der Waals surface area contributed by atoms with Crippen LogP contribution >= 0.6 is 0 Å². The first kappa shape index (κ1) is 11.8. The van der Waals surface area contributed by atoms with Gasteiger partial charge in [-0.2, -0.15) is 0 Å². The number of rotatable bonds is 4. The van der Waals surface area contributed by atoms with E-state index in [4.69, 9.17) is 10.2 Å². The predicted octanol–water partition coefficient (Wildman–Crippen LogP) is 2.67. The number of nitrogen functional groups attached to an aromatic ring is 1. The average Bonchev–Trinajstić information content (AvgIpc) is 3.11. The van der Waals surface area contributed by atoms with E-state index in [9.17, 15) is 4.79 Å². The van der Waals surface area contributed by atoms with Crippen molar-refractivity contribution in [1.82, 2.24) is 4.90 Å². The van der Waals surface area contributed by atoms with Gasteiger partial charge in [-0.15, -0.1) is 0 Å². The Morgan fingerprint density at radius 2 is 2.00 bits per heavy atom. The van der Waals surface area contributed by atoms with Gasteiger partial charge in [-0.25, -0.2) is 0 Å². The first-order valence-corrected chi connectivity index (χ1v) is 6.43. The van der Waals surface area contributed by atoms with Crippen molar-refractivity contribution in [2.45, 2.75) is 25.4 Å². The fraction of sp³-hybridized carbons (Fsp3) is 0.267. The molecule has 1 amide bonds. The lowest BCUT2D eigenvalue weighted by Gasteiger charge is -2.21. The summed E-state index contributed by atoms with van der Waals surface area (Å²) in [5, 5.41) is 0. The molecule has 1 aliphatic rings. The molecule has 1 fully saturated rings. The van der Waals surface area contributed by atoms with Gasteiger partial charge in [0.25, 0.3) is 5.91 Å². The number of carbonyl (C=O) groups excluding carboxylic acids is 1. The maximum Gasteiger partial charge on any atom is 0.290 e. The van der Waals surface area contributed by atoms with Crippen LogP contribution in [0, 0.1) is 0 Å². The molecule has 4 heteroatoms. The van der Waals surface area contributed by atoms with E-state index in [-0.39, 0.29) is 5.91 Å². The fourth-order valence-electron chi connectivity index (χ4n) is 2.11. The molecule has 19 heavy (non-hydrogen) atoms. The first-order valence-electron chi connectivity index (χ1n) is 6.43. The Morgan fingerprint density at radius 3 is 2.58 bits per heavy atom. The molecule has 2 aromatic rings. The lowest BCUT2D eigenvalue weighted by atomic mass is 10.2. The molecule has 0 aliphatic heterocycles. The lowest BCUT2D eigenvalue weighted by molar-refractivity contribution is 0.0697. The van der Waals surface area contributed by atoms with E-state index in [1.165, 1.54) is 6.26 Å². The van der Waals surface area contributed by atoms with Crippen molar-refractivity contribution in [1.29, 1.82) is 0 Å². The van der Waals surface area contributed by atoms with E-state index in [1.807, 2.05) is 29.2 Å². The summed E-state index contributed by atoms with van der Waals surface area (Å²) in [6.07, 6.45) is 3.67. The number of benzene rings is 1. The van der Waals surface area contributed by atoms with Crippen molar-refractivity contribution in [3.05, 3.63) is 54.0 Å². The predicted molar refractivity (Wildman–Crippen MR) is 72.5 cm³/mol. The van der Waals surface area contributed by atoms with Crippen molar-refractivity contribution >= 4 is 11.6 Å². The van der Waals surface area contributed by atoms with Gasteiger partial charge < -0.3 is 15.1 Å². The fourth-order valence-corrected chi connectivity index (χ4v) is 2.11. The average molecular weight is 256 g/mol. The van der Waals surface area contributed by atoms with Gasteiger partial charge in [0.05, 0.1) is 6.26 Å². The highest BCUT2D eigenvalue weighted by Crippen LogP contribution is 2.30. The summed E-state index contributed by atoms with van der Waals surface area (Å²) in [6, 6.07) is 11.4. The summed E-state index contributed by atoms with van der Waals surface area (Å²) in [6.45, 7) is 0.602. The summed E-state index contributed by atoms with van der Waals surface area (Å²) in [7, 11) is 0. The molecule has 1 aromatic heterocycles. The molecule has 3 rings (SSSR count). The van der Waals surface area contributed by atoms with Gasteiger partial charge in [-0.3, -0.25) is 4.79 Å². The largest absolute Gasteiger partial charge is 0.459 e. The zero-order valence-corrected chi connectivity index (χ0v) is 10.6. The van der Waals surface area contributed by atoms with Gasteiger partial charge in [0.1, 0.15) is 0 Å². The van der Waals surface area contributed by atoms with Crippen LogP contribution in [-0.2, 0) is 6.54 Å². The molecular weight excluding hydrogens is 240 g/mol. The summed E-state index contributed by atoms with van der Waals surface area (Å²) < 4.78 is 5.20. The number of hydrogen-bond donors (Lipinski definition) is 1. The first-order chi connectivity index (χ1) is 9.24. The molecule has 1 heterocycles. The van der Waals surface area contributed by atoms with Crippen LogP contribution in [0.3, 0.4) is 0 Å². The smallest absolute Gasteiger partial charge is 0.290 e. The van der Waals surface area contributed by atoms with E-state index in [1.54, 1.807) is 12.1 Å². The number of nitrogens with two attached hydrogens (primary N) is 1. The van der Waals surface area contributed by atoms with Crippen LogP contribution in [-0.4, -0.2) is 16.8 Å². The van der Waals surface area contributed by atoms with Gasteiger partial charge in [0.2, 0.25) is 0 Å². The maximum absolute atomic E-state index is 12.4. The standard InChI is InChI=1S/C15H16N2O2/c16-12-5-3-11(4-6-12)10-17(13-7-8-13)15(18)14-2-1-9-19-14/h1-6,9,13H,7-8,10,16H2. The zero-order chi connectivity index (χ0) is 13.2. The Kier molecular flexibility index (Phi) is 2.99. The molecule has 2 N–H and O–H groups in total. The molecule has 0 atom stereocenters. The third-order valence-electron chi connectivity index (χ3n) is 3.31. The molecule has 1 saturated carbocycles. The second-order valence-corrected chi connectivity index (χ2v) is 4.88. The van der Waals surface area contributed by atoms with Crippen molar-refractivity contribution < 1.29 is 9.21 Å². The van der Waals surface area contributed by atoms with Crippen LogP contribution in [0.5, 0.6) is 0 Å². The number of hydrogen-bond acceptors (Lipinski definition) is 3. The van der Waals surface area contributed by atoms with E-state index < -0.39 is 0 Å². The van der Waals surface area contributed by atoms with Gasteiger partial charge in [0, 0.05) is 18.3 Å². The van der Waals surface area contributed by atoms with E-state index in [0.29, 0.717) is 18.3 Å². The van der Waals surface area contributed by atoms with Crippen LogP contribution in [0.15, 0.2) is 47.1 Å². The van der Waals surface area contributed by atoms with Crippen molar-refractivity contribution in [3.63, 3.8) is 0 Å². The SMILES string of the molecule is Nc1ccc(CN(C(=O)c2ccco2)C2CC2)cc1. The van der Waals surface area contributed by atoms with Crippen LogP contribution in [0.1, 0.15) is 29.0 Å². The highest BCUT2D eigenvalue weighted by atomic mass is 16.3. The Labute approximate surface area is 111 Å². The minimum absolute atomic E-state index is 0.0377. The van der Waals surface area contributed by atoms with Crippen molar-refractivity contribution in [3.8, 4) is 0 Å². The number of furan rings is 1. The van der Waals surface area contributed by atoms with E-state index in [2.05, 4.69) is 0 Å². The number of carbonyl (C=O) groups is 1. The molecule has 98 valence electrons. The monoisotopic (exact) mass is 256 g/mol. The van der Waals surface area contributed by atoms with Crippen LogP contribution in [0.25, 0.3) is 0 Å². The molecule has 4 nitrogen and oxygen atoms in total. The quantitative estimate of drug-likeness (QED) is 0.855. The third-order valence-corrected chi connectivity index (χ3v) is 3.31. The molecule has 0 unspecified atom stereocenters. The minimum Gasteiger partial charge on any atom is -0.459 e. The van der Waals surface area contributed by atoms with Crippen LogP contribution in [0.4, 0.5) is 5.69 Å². The van der Waals surface area contributed by atoms with Gasteiger partial charge in [-0.05, 0) is 42.7 Å². The van der Waals surface area contributed by atoms with Crippen molar-refractivity contribution in [2.24, 2.45) is 0 Å². The Morgan fingerprint density at radius 1 is 1.26 bits per heavy atom. The van der Waals surface area contributed by atoms with Gasteiger partial charge in [-0.1, -0.05) is 12.1 Å². The number of amides is 1. The maximum atomic E-state index is 12.4. The van der Waals surface area contributed by atoms with E-state index in [0.717, 1.165) is 24.1 Å². The molecule has 1 aliphatic carbocycles. The van der Waals surface area contributed by atoms with E-state index >= 15 is 0 Å². The lowest BCUT2D eigenvalue weighted by Crippen LogP contribution is -2.32. The molecule has 0 bridgehead atoms. The number of anilines is 1. The summed E-state index contributed by atoms with van der Waals surface area (Å²) >= 11 is 0. The van der Waals surface area contributed by atoms with Gasteiger partial charge >= 0.3 is 0 Å². The summed E-state index contributed by atoms with van der Waals surface area (Å²) in [5.74, 6) is 0.367. The highest BCUT2D eigenvalue weighted by Gasteiger charge is 2.33. The van der Waals surface area contributed by atoms with Crippen LogP contribution in [0.2, 0.25) is 0 Å². The zero-order valence-electron chi connectivity index (χ0n) is 10.6. The van der Waals surface area contributed by atoms with Crippen LogP contribution < -0.4 is 5.73 Å². The Balaban J connectivity index is 1.78. The number of nitrogens with zero attached hydrogens (tertiary/aromatic N) is 1. The molecule has 0 saturated heterocycles. The molecule has 1 aromatic carbocycles. The second-order valence-electron chi connectivity index (χ2n) is 4.88. The Bertz CT molecular complexity index is 556. The highest BCUT2D eigenvalue weighted by molar-refractivity contribution is 5.91. The Hall–Kier alpha value is -2.23. The minimum atomic E-state index is -0.0377. The summed E-state index contributed by atoms with van der Waals surface area (Å²) in [5.41, 5.74) is 7.49. The third kappa shape index (κ3) is 2.62. The molecule has 0 radical (unpaired) electrons. The van der Waals surface area contributed by atoms with Crippen molar-refractivity contribution in [2.75, 3.05) is 5.73 Å². The molecule has 0 spiro atoms. The van der Waals surface area contributed by atoms with Gasteiger partial charge in [0.15, 0.2) is 5.76 Å². The summed E-state index contributed by atoms with van der Waals surface area (Å²) in [4.78, 5) is 14.2. The molecular formula is C15H16N2O2. The normalized spacial score (nSPS) is 14.3.